The molecule has 0 unspecified atom stereocenters. The van der Waals surface area contributed by atoms with E-state index in [1.165, 1.54) is 39.3 Å². The number of rotatable bonds is 5. The summed E-state index contributed by atoms with van der Waals surface area (Å²) < 4.78 is 41.3. The molecule has 3 aromatic rings. The minimum absolute atomic E-state index is 0.0263. The first-order valence-corrected chi connectivity index (χ1v) is 11.2. The second-order valence-corrected chi connectivity index (χ2v) is 9.01. The fraction of sp³-hybridized carbons (Fsp3) is 0.238. The summed E-state index contributed by atoms with van der Waals surface area (Å²) >= 11 is 0. The zero-order valence-electron chi connectivity index (χ0n) is 16.2. The Hall–Kier alpha value is -3.04. The number of halogens is 1. The molecule has 0 aliphatic carbocycles. The molecule has 30 heavy (non-hydrogen) atoms. The van der Waals surface area contributed by atoms with Crippen LogP contribution in [-0.4, -0.2) is 48.7 Å². The Morgan fingerprint density at radius 3 is 2.20 bits per heavy atom. The van der Waals surface area contributed by atoms with E-state index in [9.17, 15) is 17.6 Å². The Bertz CT molecular complexity index is 1170. The molecule has 1 aromatic heterocycles. The first kappa shape index (κ1) is 20.2. The highest BCUT2D eigenvalue weighted by Gasteiger charge is 2.27. The van der Waals surface area contributed by atoms with Gasteiger partial charge in [0.05, 0.1) is 11.4 Å². The van der Waals surface area contributed by atoms with E-state index in [0.29, 0.717) is 37.7 Å². The average Bonchev–Trinajstić information content (AvgIpc) is 2.75. The van der Waals surface area contributed by atoms with Crippen LogP contribution < -0.4 is 10.5 Å². The van der Waals surface area contributed by atoms with Crippen molar-refractivity contribution in [1.29, 1.82) is 0 Å². The van der Waals surface area contributed by atoms with Gasteiger partial charge >= 0.3 is 0 Å². The van der Waals surface area contributed by atoms with Crippen LogP contribution in [0.3, 0.4) is 0 Å². The second kappa shape index (κ2) is 8.37. The van der Waals surface area contributed by atoms with E-state index in [1.54, 1.807) is 18.2 Å². The lowest BCUT2D eigenvalue weighted by Crippen LogP contribution is -2.49. The number of hydrogen-bond acceptors (Lipinski definition) is 5. The smallest absolute Gasteiger partial charge is 0.271 e. The molecule has 0 N–H and O–H groups in total. The highest BCUT2D eigenvalue weighted by molar-refractivity contribution is 7.88. The van der Waals surface area contributed by atoms with E-state index < -0.39 is 15.8 Å². The SMILES string of the molecule is O=c1ccc(N2CCN(S(=O)(=O)Cc3ccccc3)CC2)nn1-c1ccc(F)cc1. The molecule has 0 amide bonds. The lowest BCUT2D eigenvalue weighted by Gasteiger charge is -2.34. The molecule has 0 saturated carbocycles. The van der Waals surface area contributed by atoms with Crippen LogP contribution in [0.4, 0.5) is 10.2 Å². The van der Waals surface area contributed by atoms with Crippen LogP contribution in [0.2, 0.25) is 0 Å². The molecule has 4 rings (SSSR count). The number of anilines is 1. The quantitative estimate of drug-likeness (QED) is 0.622. The van der Waals surface area contributed by atoms with E-state index in [4.69, 9.17) is 0 Å². The summed E-state index contributed by atoms with van der Waals surface area (Å²) in [7, 11) is -3.41. The van der Waals surface area contributed by atoms with Crippen LogP contribution in [0, 0.1) is 5.82 Å². The summed E-state index contributed by atoms with van der Waals surface area (Å²) in [6, 6.07) is 17.7. The molecular weight excluding hydrogens is 407 g/mol. The van der Waals surface area contributed by atoms with Gasteiger partial charge in [0.2, 0.25) is 10.0 Å². The highest BCUT2D eigenvalue weighted by atomic mass is 32.2. The maximum absolute atomic E-state index is 13.2. The van der Waals surface area contributed by atoms with E-state index in [-0.39, 0.29) is 11.3 Å². The highest BCUT2D eigenvalue weighted by Crippen LogP contribution is 2.17. The number of benzene rings is 2. The van der Waals surface area contributed by atoms with Crippen molar-refractivity contribution in [2.24, 2.45) is 0 Å². The van der Waals surface area contributed by atoms with Crippen molar-refractivity contribution in [2.45, 2.75) is 5.75 Å². The minimum atomic E-state index is -3.41. The standard InChI is InChI=1S/C21H21FN4O3S/c22-18-6-8-19(9-7-18)26-21(27)11-10-20(23-26)24-12-14-25(15-13-24)30(28,29)16-17-4-2-1-3-5-17/h1-11H,12-16H2. The lowest BCUT2D eigenvalue weighted by molar-refractivity contribution is 0.382. The fourth-order valence-corrected chi connectivity index (χ4v) is 4.92. The van der Waals surface area contributed by atoms with Gasteiger partial charge in [-0.15, -0.1) is 5.10 Å². The van der Waals surface area contributed by atoms with Crippen LogP contribution in [0.1, 0.15) is 5.56 Å². The van der Waals surface area contributed by atoms with E-state index in [0.717, 1.165) is 5.56 Å². The van der Waals surface area contributed by atoms with Crippen LogP contribution in [0.5, 0.6) is 0 Å². The summed E-state index contributed by atoms with van der Waals surface area (Å²) in [6.45, 7) is 1.60. The van der Waals surface area contributed by atoms with E-state index in [1.807, 2.05) is 23.1 Å². The number of nitrogens with zero attached hydrogens (tertiary/aromatic N) is 4. The number of hydrogen-bond donors (Lipinski definition) is 0. The number of piperazine rings is 1. The topological polar surface area (TPSA) is 75.5 Å². The molecule has 0 atom stereocenters. The van der Waals surface area contributed by atoms with Crippen molar-refractivity contribution < 1.29 is 12.8 Å². The maximum atomic E-state index is 13.2. The third kappa shape index (κ3) is 4.42. The van der Waals surface area contributed by atoms with Gasteiger partial charge in [-0.1, -0.05) is 30.3 Å². The zero-order valence-corrected chi connectivity index (χ0v) is 17.0. The Kier molecular flexibility index (Phi) is 5.65. The van der Waals surface area contributed by atoms with Crippen LogP contribution in [0.25, 0.3) is 5.69 Å². The normalized spacial score (nSPS) is 15.3. The summed E-state index contributed by atoms with van der Waals surface area (Å²) in [6.07, 6.45) is 0. The third-order valence-corrected chi connectivity index (χ3v) is 6.86. The molecule has 2 aromatic carbocycles. The van der Waals surface area contributed by atoms with Crippen LogP contribution >= 0.6 is 0 Å². The lowest BCUT2D eigenvalue weighted by atomic mass is 10.2. The summed E-state index contributed by atoms with van der Waals surface area (Å²) in [5, 5.41) is 4.39. The van der Waals surface area contributed by atoms with Crippen molar-refractivity contribution >= 4 is 15.8 Å². The van der Waals surface area contributed by atoms with Gasteiger partial charge in [0.15, 0.2) is 0 Å². The molecule has 7 nitrogen and oxygen atoms in total. The molecule has 156 valence electrons. The Balaban J connectivity index is 1.47. The van der Waals surface area contributed by atoms with Crippen molar-refractivity contribution in [3.8, 4) is 5.69 Å². The molecule has 0 bridgehead atoms. The Morgan fingerprint density at radius 1 is 0.867 bits per heavy atom. The van der Waals surface area contributed by atoms with E-state index in [2.05, 4.69) is 5.10 Å². The van der Waals surface area contributed by atoms with Crippen LogP contribution in [-0.2, 0) is 15.8 Å². The predicted molar refractivity (Wildman–Crippen MR) is 113 cm³/mol. The van der Waals surface area contributed by atoms with Gasteiger partial charge in [-0.25, -0.2) is 12.8 Å². The number of sulfonamides is 1. The average molecular weight is 428 g/mol. The van der Waals surface area contributed by atoms with Crippen molar-refractivity contribution in [3.63, 3.8) is 0 Å². The number of aromatic nitrogens is 2. The summed E-state index contributed by atoms with van der Waals surface area (Å²) in [5.74, 6) is 0.150. The maximum Gasteiger partial charge on any atom is 0.271 e. The fourth-order valence-electron chi connectivity index (χ4n) is 3.41. The van der Waals surface area contributed by atoms with Crippen molar-refractivity contribution in [1.82, 2.24) is 14.1 Å². The molecule has 9 heteroatoms. The molecule has 1 aliphatic rings. The van der Waals surface area contributed by atoms with Gasteiger partial charge in [-0.05, 0) is 35.9 Å². The Morgan fingerprint density at radius 2 is 1.53 bits per heavy atom. The first-order chi connectivity index (χ1) is 14.4. The molecule has 1 aliphatic heterocycles. The predicted octanol–water partition coefficient (Wildman–Crippen LogP) is 2.02. The summed E-state index contributed by atoms with van der Waals surface area (Å²) in [4.78, 5) is 14.1. The molecule has 1 fully saturated rings. The second-order valence-electron chi connectivity index (χ2n) is 7.05. The van der Waals surface area contributed by atoms with Gasteiger partial charge in [-0.2, -0.15) is 8.99 Å². The molecule has 0 radical (unpaired) electrons. The minimum Gasteiger partial charge on any atom is -0.353 e. The Labute approximate surface area is 174 Å². The van der Waals surface area contributed by atoms with E-state index >= 15 is 0 Å². The third-order valence-electron chi connectivity index (χ3n) is 5.01. The molecule has 0 spiro atoms. The monoisotopic (exact) mass is 428 g/mol. The van der Waals surface area contributed by atoms with Gasteiger partial charge < -0.3 is 4.90 Å². The first-order valence-electron chi connectivity index (χ1n) is 9.55. The van der Waals surface area contributed by atoms with Crippen LogP contribution in [0.15, 0.2) is 71.5 Å². The zero-order chi connectivity index (χ0) is 21.1. The molecular formula is C21H21FN4O3S. The molecule has 2 heterocycles. The van der Waals surface area contributed by atoms with Gasteiger partial charge in [0.1, 0.15) is 11.6 Å². The van der Waals surface area contributed by atoms with Gasteiger partial charge in [-0.3, -0.25) is 4.79 Å². The molecule has 1 saturated heterocycles. The summed E-state index contributed by atoms with van der Waals surface area (Å²) in [5.41, 5.74) is 0.898. The van der Waals surface area contributed by atoms with Crippen molar-refractivity contribution in [2.75, 3.05) is 31.1 Å². The van der Waals surface area contributed by atoms with Gasteiger partial charge in [0.25, 0.3) is 5.56 Å². The van der Waals surface area contributed by atoms with Crippen molar-refractivity contribution in [3.05, 3.63) is 88.5 Å². The van der Waals surface area contributed by atoms with Gasteiger partial charge in [0, 0.05) is 32.2 Å². The largest absolute Gasteiger partial charge is 0.353 e.